The summed E-state index contributed by atoms with van der Waals surface area (Å²) in [5.74, 6) is 0. The van der Waals surface area contributed by atoms with Crippen LogP contribution in [0.25, 0.3) is 0 Å². The first-order valence-electron chi connectivity index (χ1n) is 0. The molecular formula is H14NaO7+. The van der Waals surface area contributed by atoms with E-state index in [2.05, 4.69) is 0 Å². The standard InChI is InChI=1S/Na.7H2O/h;7*1H2/q+1;;;;;;;. The molecule has 8 heavy (non-hydrogen) atoms. The van der Waals surface area contributed by atoms with E-state index in [1.807, 2.05) is 0 Å². The molecular weight excluding hydrogens is 135 g/mol. The maximum Gasteiger partial charge on any atom is 1.00 e. The molecule has 0 aromatic carbocycles. The van der Waals surface area contributed by atoms with Gasteiger partial charge in [-0.3, -0.25) is 0 Å². The number of hydrogen-bond donors (Lipinski definition) is 0. The summed E-state index contributed by atoms with van der Waals surface area (Å²) >= 11 is 0. The van der Waals surface area contributed by atoms with Gasteiger partial charge in [-0.15, -0.1) is 0 Å². The molecule has 0 aliphatic rings. The van der Waals surface area contributed by atoms with Crippen LogP contribution in [0.4, 0.5) is 0 Å². The Balaban J connectivity index is 0. The predicted molar refractivity (Wildman–Crippen MR) is 25.3 cm³/mol. The first-order valence-corrected chi connectivity index (χ1v) is 0. The third-order valence-corrected chi connectivity index (χ3v) is 0. The normalized spacial score (nSPS) is 0. The number of hydrogen-bond acceptors (Lipinski definition) is 0. The summed E-state index contributed by atoms with van der Waals surface area (Å²) in [4.78, 5) is 0. The Bertz CT molecular complexity index is 4.35. The van der Waals surface area contributed by atoms with E-state index in [1.54, 1.807) is 0 Å². The average Bonchev–Trinajstić information content (AvgIpc) is 0. The fourth-order valence-electron chi connectivity index (χ4n) is 0. The molecule has 0 spiro atoms. The fourth-order valence-corrected chi connectivity index (χ4v) is 0. The molecule has 0 bridgehead atoms. The molecule has 0 radical (unpaired) electrons. The first-order chi connectivity index (χ1) is 0. The quantitative estimate of drug-likeness (QED) is 0.292. The van der Waals surface area contributed by atoms with Crippen LogP contribution in [-0.2, 0) is 0 Å². The molecule has 0 aromatic heterocycles. The summed E-state index contributed by atoms with van der Waals surface area (Å²) in [7, 11) is 0. The van der Waals surface area contributed by atoms with E-state index in [9.17, 15) is 0 Å². The molecule has 0 atom stereocenters. The minimum Gasteiger partial charge on any atom is -0.412 e. The summed E-state index contributed by atoms with van der Waals surface area (Å²) in [5.41, 5.74) is 0. The monoisotopic (exact) mass is 149 g/mol. The van der Waals surface area contributed by atoms with E-state index in [-0.39, 0.29) is 67.9 Å². The van der Waals surface area contributed by atoms with Gasteiger partial charge in [-0.05, 0) is 0 Å². The predicted octanol–water partition coefficient (Wildman–Crippen LogP) is -8.77. The van der Waals surface area contributed by atoms with Crippen LogP contribution in [0.15, 0.2) is 0 Å². The van der Waals surface area contributed by atoms with Crippen molar-refractivity contribution >= 4 is 0 Å². The Labute approximate surface area is 68.1 Å². The van der Waals surface area contributed by atoms with E-state index in [1.165, 1.54) is 0 Å². The van der Waals surface area contributed by atoms with Crippen molar-refractivity contribution in [3.05, 3.63) is 0 Å². The molecule has 56 valence electrons. The first kappa shape index (κ1) is 1000. The van der Waals surface area contributed by atoms with Crippen LogP contribution in [0, 0.1) is 0 Å². The van der Waals surface area contributed by atoms with Gasteiger partial charge in [-0.1, -0.05) is 0 Å². The van der Waals surface area contributed by atoms with Crippen LogP contribution in [-0.4, -0.2) is 38.3 Å². The molecule has 7 nitrogen and oxygen atoms in total. The van der Waals surface area contributed by atoms with Crippen LogP contribution in [0.1, 0.15) is 0 Å². The molecule has 0 heterocycles. The Kier molecular flexibility index (Phi) is 84300. The molecule has 0 saturated carbocycles. The van der Waals surface area contributed by atoms with E-state index < -0.39 is 0 Å². The van der Waals surface area contributed by atoms with Gasteiger partial charge >= 0.3 is 29.6 Å². The molecule has 0 rings (SSSR count). The molecule has 14 N–H and O–H groups in total. The smallest absolute Gasteiger partial charge is 0.412 e. The van der Waals surface area contributed by atoms with Crippen molar-refractivity contribution in [2.45, 2.75) is 0 Å². The second kappa shape index (κ2) is 672. The molecule has 0 fully saturated rings. The largest absolute Gasteiger partial charge is 1.00 e. The van der Waals surface area contributed by atoms with Crippen molar-refractivity contribution in [3.8, 4) is 0 Å². The third-order valence-electron chi connectivity index (χ3n) is 0. The third kappa shape index (κ3) is 424. The second-order valence-electron chi connectivity index (χ2n) is 0. The topological polar surface area (TPSA) is 220 Å². The second-order valence-corrected chi connectivity index (χ2v) is 0. The summed E-state index contributed by atoms with van der Waals surface area (Å²) in [6.07, 6.45) is 0. The van der Waals surface area contributed by atoms with E-state index in [0.717, 1.165) is 0 Å². The van der Waals surface area contributed by atoms with Gasteiger partial charge in [0.25, 0.3) is 0 Å². The maximum absolute atomic E-state index is 0. The van der Waals surface area contributed by atoms with Crippen LogP contribution in [0.5, 0.6) is 0 Å². The van der Waals surface area contributed by atoms with E-state index in [4.69, 9.17) is 0 Å². The van der Waals surface area contributed by atoms with Crippen LogP contribution < -0.4 is 29.6 Å². The van der Waals surface area contributed by atoms with Gasteiger partial charge in [0.2, 0.25) is 0 Å². The average molecular weight is 149 g/mol. The Hall–Kier alpha value is 0.720. The zero-order valence-corrected chi connectivity index (χ0v) is 6.50. The van der Waals surface area contributed by atoms with Gasteiger partial charge in [0.15, 0.2) is 0 Å². The van der Waals surface area contributed by atoms with E-state index >= 15 is 0 Å². The van der Waals surface area contributed by atoms with Gasteiger partial charge < -0.3 is 38.3 Å². The molecule has 0 aromatic rings. The van der Waals surface area contributed by atoms with Crippen molar-refractivity contribution in [1.29, 1.82) is 0 Å². The summed E-state index contributed by atoms with van der Waals surface area (Å²) in [5, 5.41) is 0. The SMILES string of the molecule is O.O.O.O.O.O.O.[Na+]. The van der Waals surface area contributed by atoms with Crippen molar-refractivity contribution < 1.29 is 67.9 Å². The van der Waals surface area contributed by atoms with Gasteiger partial charge in [-0.2, -0.15) is 0 Å². The van der Waals surface area contributed by atoms with Crippen LogP contribution in [0.3, 0.4) is 0 Å². The fraction of sp³-hybridized carbons (Fsp3) is 0. The molecule has 0 aliphatic heterocycles. The van der Waals surface area contributed by atoms with E-state index in [0.29, 0.717) is 0 Å². The zero-order chi connectivity index (χ0) is 0. The van der Waals surface area contributed by atoms with Gasteiger partial charge in [0.1, 0.15) is 0 Å². The Morgan fingerprint density at radius 1 is 0.250 bits per heavy atom. The summed E-state index contributed by atoms with van der Waals surface area (Å²) < 4.78 is 0. The maximum atomic E-state index is 0. The minimum absolute atomic E-state index is 0. The molecule has 0 aliphatic carbocycles. The van der Waals surface area contributed by atoms with Crippen LogP contribution >= 0.6 is 0 Å². The Morgan fingerprint density at radius 2 is 0.250 bits per heavy atom. The van der Waals surface area contributed by atoms with Gasteiger partial charge in [0.05, 0.1) is 0 Å². The summed E-state index contributed by atoms with van der Waals surface area (Å²) in [6, 6.07) is 0. The van der Waals surface area contributed by atoms with Gasteiger partial charge in [-0.25, -0.2) is 0 Å². The van der Waals surface area contributed by atoms with Crippen molar-refractivity contribution in [2.24, 2.45) is 0 Å². The van der Waals surface area contributed by atoms with Crippen molar-refractivity contribution in [3.63, 3.8) is 0 Å². The molecule has 0 saturated heterocycles. The zero-order valence-electron chi connectivity index (χ0n) is 4.50. The molecule has 8 heteroatoms. The van der Waals surface area contributed by atoms with Crippen molar-refractivity contribution in [1.82, 2.24) is 0 Å². The molecule has 0 unspecified atom stereocenters. The summed E-state index contributed by atoms with van der Waals surface area (Å²) in [6.45, 7) is 0. The van der Waals surface area contributed by atoms with Gasteiger partial charge in [0, 0.05) is 0 Å². The molecule has 0 amide bonds. The van der Waals surface area contributed by atoms with Crippen LogP contribution in [0.2, 0.25) is 0 Å². The number of rotatable bonds is 0. The minimum atomic E-state index is 0. The van der Waals surface area contributed by atoms with Crippen molar-refractivity contribution in [2.75, 3.05) is 0 Å². The Morgan fingerprint density at radius 3 is 0.250 bits per heavy atom.